The maximum atomic E-state index is 13.3. The van der Waals surface area contributed by atoms with E-state index in [9.17, 15) is 9.18 Å². The van der Waals surface area contributed by atoms with Crippen LogP contribution in [0.4, 0.5) is 4.39 Å². The number of rotatable bonds is 2. The van der Waals surface area contributed by atoms with Crippen LogP contribution in [0.5, 0.6) is 0 Å². The molecular weight excluding hydrogens is 279 g/mol. The molecule has 0 unspecified atom stereocenters. The van der Waals surface area contributed by atoms with E-state index in [1.807, 2.05) is 0 Å². The molecule has 16 heavy (non-hydrogen) atoms. The Morgan fingerprint density at radius 1 is 1.50 bits per heavy atom. The van der Waals surface area contributed by atoms with Gasteiger partial charge in [-0.3, -0.25) is 4.79 Å². The van der Waals surface area contributed by atoms with Gasteiger partial charge in [0.2, 0.25) is 0 Å². The number of carbonyl (C=O) groups is 1. The van der Waals surface area contributed by atoms with Gasteiger partial charge in [-0.1, -0.05) is 23.2 Å². The van der Waals surface area contributed by atoms with E-state index in [1.54, 1.807) is 0 Å². The van der Waals surface area contributed by atoms with E-state index in [4.69, 9.17) is 28.9 Å². The van der Waals surface area contributed by atoms with E-state index in [0.29, 0.717) is 0 Å². The number of hydrogen-bond donors (Lipinski definition) is 1. The Bertz CT molecular complexity index is 401. The molecule has 0 spiro atoms. The molecule has 0 aliphatic carbocycles. The van der Waals surface area contributed by atoms with Gasteiger partial charge in [0.15, 0.2) is 0 Å². The lowest BCUT2D eigenvalue weighted by molar-refractivity contribution is -0.142. The molecule has 2 N–H and O–H groups in total. The Morgan fingerprint density at radius 3 is 2.56 bits per heavy atom. The summed E-state index contributed by atoms with van der Waals surface area (Å²) in [5, 5.41) is 0.0574. The minimum atomic E-state index is -1.28. The predicted molar refractivity (Wildman–Crippen MR) is 62.6 cm³/mol. The number of benzene rings is 1. The third-order valence-electron chi connectivity index (χ3n) is 1.85. The Kier molecular flexibility index (Phi) is 6.04. The fourth-order valence-electron chi connectivity index (χ4n) is 1.07. The molecular formula is C9H9Cl3FNO2. The topological polar surface area (TPSA) is 52.3 Å². The summed E-state index contributed by atoms with van der Waals surface area (Å²) in [6.45, 7) is 0. The summed E-state index contributed by atoms with van der Waals surface area (Å²) in [6, 6.07) is 1.10. The zero-order valence-electron chi connectivity index (χ0n) is 8.17. The summed E-state index contributed by atoms with van der Waals surface area (Å²) < 4.78 is 17.7. The van der Waals surface area contributed by atoms with E-state index < -0.39 is 17.8 Å². The van der Waals surface area contributed by atoms with E-state index >= 15 is 0 Å². The van der Waals surface area contributed by atoms with Crippen molar-refractivity contribution >= 4 is 41.6 Å². The Balaban J connectivity index is 0.00000225. The molecule has 0 bridgehead atoms. The molecule has 0 aromatic heterocycles. The summed E-state index contributed by atoms with van der Waals surface area (Å²) >= 11 is 11.4. The van der Waals surface area contributed by atoms with E-state index in [1.165, 1.54) is 6.07 Å². The van der Waals surface area contributed by atoms with Gasteiger partial charge in [0.05, 0.1) is 17.2 Å². The molecule has 0 amide bonds. The number of nitrogens with two attached hydrogens (primary N) is 1. The molecule has 1 rings (SSSR count). The van der Waals surface area contributed by atoms with Crippen molar-refractivity contribution in [3.05, 3.63) is 33.6 Å². The van der Waals surface area contributed by atoms with Crippen molar-refractivity contribution < 1.29 is 13.9 Å². The fourth-order valence-corrected chi connectivity index (χ4v) is 1.51. The monoisotopic (exact) mass is 287 g/mol. The standard InChI is InChI=1S/C9H8Cl2FNO2.ClH/c1-15-9(14)8(13)6-5(12)3-2-4(10)7(6)11;/h2-3,8H,13H2,1H3;1H/t8-;/m1./s1. The quantitative estimate of drug-likeness (QED) is 0.672. The van der Waals surface area contributed by atoms with Gasteiger partial charge >= 0.3 is 5.97 Å². The molecule has 0 radical (unpaired) electrons. The number of esters is 1. The van der Waals surface area contributed by atoms with E-state index in [-0.39, 0.29) is 28.0 Å². The molecule has 1 aromatic rings. The highest BCUT2D eigenvalue weighted by molar-refractivity contribution is 6.42. The van der Waals surface area contributed by atoms with Crippen molar-refractivity contribution in [2.24, 2.45) is 5.73 Å². The molecule has 0 aliphatic rings. The number of hydrogen-bond acceptors (Lipinski definition) is 3. The smallest absolute Gasteiger partial charge is 0.327 e. The zero-order valence-corrected chi connectivity index (χ0v) is 10.5. The van der Waals surface area contributed by atoms with Crippen molar-refractivity contribution in [3.8, 4) is 0 Å². The van der Waals surface area contributed by atoms with Crippen LogP contribution in [-0.4, -0.2) is 13.1 Å². The minimum absolute atomic E-state index is 0. The van der Waals surface area contributed by atoms with Gasteiger partial charge in [-0.2, -0.15) is 0 Å². The van der Waals surface area contributed by atoms with Crippen molar-refractivity contribution in [1.29, 1.82) is 0 Å². The molecule has 0 saturated heterocycles. The largest absolute Gasteiger partial charge is 0.468 e. The Labute approximate surface area is 108 Å². The van der Waals surface area contributed by atoms with Crippen molar-refractivity contribution in [2.75, 3.05) is 7.11 Å². The van der Waals surface area contributed by atoms with Gasteiger partial charge in [-0.15, -0.1) is 12.4 Å². The first-order valence-corrected chi connectivity index (χ1v) is 4.71. The molecule has 7 heteroatoms. The van der Waals surface area contributed by atoms with Gasteiger partial charge in [0.1, 0.15) is 11.9 Å². The molecule has 0 heterocycles. The summed E-state index contributed by atoms with van der Waals surface area (Å²) in [7, 11) is 1.15. The van der Waals surface area contributed by atoms with Crippen LogP contribution in [-0.2, 0) is 9.53 Å². The molecule has 0 aliphatic heterocycles. The van der Waals surface area contributed by atoms with Crippen LogP contribution in [0.2, 0.25) is 10.0 Å². The molecule has 1 aromatic carbocycles. The van der Waals surface area contributed by atoms with Gasteiger partial charge in [0, 0.05) is 5.56 Å². The number of methoxy groups -OCH3 is 1. The summed E-state index contributed by atoms with van der Waals surface area (Å²) in [6.07, 6.45) is 0. The molecule has 1 atom stereocenters. The highest BCUT2D eigenvalue weighted by Gasteiger charge is 2.24. The lowest BCUT2D eigenvalue weighted by Crippen LogP contribution is -2.24. The van der Waals surface area contributed by atoms with Crippen molar-refractivity contribution in [2.45, 2.75) is 6.04 Å². The second kappa shape index (κ2) is 6.25. The number of halogens is 4. The molecule has 90 valence electrons. The Morgan fingerprint density at radius 2 is 2.06 bits per heavy atom. The lowest BCUT2D eigenvalue weighted by atomic mass is 10.1. The minimum Gasteiger partial charge on any atom is -0.468 e. The van der Waals surface area contributed by atoms with Gasteiger partial charge in [-0.05, 0) is 12.1 Å². The van der Waals surface area contributed by atoms with Crippen LogP contribution in [0.3, 0.4) is 0 Å². The molecule has 0 saturated carbocycles. The summed E-state index contributed by atoms with van der Waals surface area (Å²) in [5.41, 5.74) is 5.31. The Hall–Kier alpha value is -0.550. The van der Waals surface area contributed by atoms with Crippen LogP contribution in [0.1, 0.15) is 11.6 Å². The predicted octanol–water partition coefficient (Wildman–Crippen LogP) is 2.73. The first kappa shape index (κ1) is 15.4. The highest BCUT2D eigenvalue weighted by Crippen LogP contribution is 2.31. The number of ether oxygens (including phenoxy) is 1. The molecule has 0 fully saturated rings. The SMILES string of the molecule is COC(=O)[C@H](N)c1c(F)ccc(Cl)c1Cl.Cl. The first-order valence-electron chi connectivity index (χ1n) is 3.95. The summed E-state index contributed by atoms with van der Waals surface area (Å²) in [4.78, 5) is 11.1. The van der Waals surface area contributed by atoms with Crippen LogP contribution in [0.15, 0.2) is 12.1 Å². The second-order valence-electron chi connectivity index (χ2n) is 2.76. The first-order chi connectivity index (χ1) is 6.99. The lowest BCUT2D eigenvalue weighted by Gasteiger charge is -2.12. The van der Waals surface area contributed by atoms with Crippen molar-refractivity contribution in [3.63, 3.8) is 0 Å². The van der Waals surface area contributed by atoms with Gasteiger partial charge in [-0.25, -0.2) is 4.39 Å². The normalized spacial score (nSPS) is 11.6. The van der Waals surface area contributed by atoms with Crippen LogP contribution < -0.4 is 5.73 Å². The van der Waals surface area contributed by atoms with Gasteiger partial charge < -0.3 is 10.5 Å². The van der Waals surface area contributed by atoms with Crippen LogP contribution >= 0.6 is 35.6 Å². The van der Waals surface area contributed by atoms with Crippen LogP contribution in [0, 0.1) is 5.82 Å². The maximum Gasteiger partial charge on any atom is 0.327 e. The van der Waals surface area contributed by atoms with E-state index in [2.05, 4.69) is 4.74 Å². The van der Waals surface area contributed by atoms with Crippen molar-refractivity contribution in [1.82, 2.24) is 0 Å². The maximum absolute atomic E-state index is 13.3. The highest BCUT2D eigenvalue weighted by atomic mass is 35.5. The van der Waals surface area contributed by atoms with E-state index in [0.717, 1.165) is 13.2 Å². The average Bonchev–Trinajstić information content (AvgIpc) is 2.22. The zero-order chi connectivity index (χ0) is 11.6. The second-order valence-corrected chi connectivity index (χ2v) is 3.54. The van der Waals surface area contributed by atoms with Crippen LogP contribution in [0.25, 0.3) is 0 Å². The third-order valence-corrected chi connectivity index (χ3v) is 2.66. The third kappa shape index (κ3) is 2.98. The fraction of sp³-hybridized carbons (Fsp3) is 0.222. The summed E-state index contributed by atoms with van der Waals surface area (Å²) in [5.74, 6) is -1.47. The average molecular weight is 289 g/mol. The molecule has 3 nitrogen and oxygen atoms in total. The number of carbonyl (C=O) groups excluding carboxylic acids is 1. The van der Waals surface area contributed by atoms with Gasteiger partial charge in [0.25, 0.3) is 0 Å².